The van der Waals surface area contributed by atoms with Crippen LogP contribution in [0.2, 0.25) is 0 Å². The van der Waals surface area contributed by atoms with Crippen LogP contribution in [0.1, 0.15) is 33.9 Å². The minimum Gasteiger partial charge on any atom is -0.497 e. The van der Waals surface area contributed by atoms with E-state index in [9.17, 15) is 4.79 Å². The number of carbonyl (C=O) groups is 1. The number of anilines is 1. The summed E-state index contributed by atoms with van der Waals surface area (Å²) in [5.41, 5.74) is 10.2. The highest BCUT2D eigenvalue weighted by atomic mass is 16.5. The van der Waals surface area contributed by atoms with Crippen molar-refractivity contribution in [2.45, 2.75) is 25.0 Å². The van der Waals surface area contributed by atoms with E-state index in [-0.39, 0.29) is 18.1 Å². The number of methoxy groups -OCH3 is 1. The topological polar surface area (TPSA) is 67.6 Å². The zero-order chi connectivity index (χ0) is 16.7. The molecule has 24 heavy (non-hydrogen) atoms. The van der Waals surface area contributed by atoms with Gasteiger partial charge in [-0.3, -0.25) is 4.79 Å². The molecule has 0 unspecified atom stereocenters. The summed E-state index contributed by atoms with van der Waals surface area (Å²) in [6.45, 7) is 0.853. The number of benzene rings is 2. The second-order valence-electron chi connectivity index (χ2n) is 6.37. The molecule has 1 amide bonds. The second kappa shape index (κ2) is 5.83. The van der Waals surface area contributed by atoms with Crippen LogP contribution in [0.3, 0.4) is 0 Å². The summed E-state index contributed by atoms with van der Waals surface area (Å²) in [6.07, 6.45) is 1.59. The molecule has 3 N–H and O–H groups in total. The molecule has 0 spiro atoms. The van der Waals surface area contributed by atoms with Crippen molar-refractivity contribution in [3.8, 4) is 5.75 Å². The van der Waals surface area contributed by atoms with E-state index in [0.29, 0.717) is 0 Å². The van der Waals surface area contributed by atoms with Crippen LogP contribution in [0.15, 0.2) is 42.5 Å². The zero-order valence-corrected chi connectivity index (χ0v) is 13.7. The molecular formula is C19H21N3O2. The van der Waals surface area contributed by atoms with Crippen molar-refractivity contribution in [1.29, 1.82) is 0 Å². The number of para-hydroxylation sites is 1. The van der Waals surface area contributed by atoms with E-state index in [4.69, 9.17) is 10.5 Å². The highest BCUT2D eigenvalue weighted by Crippen LogP contribution is 2.38. The predicted octanol–water partition coefficient (Wildman–Crippen LogP) is 2.22. The number of hydrogen-bond acceptors (Lipinski definition) is 4. The largest absolute Gasteiger partial charge is 0.497 e. The molecule has 0 aliphatic carbocycles. The summed E-state index contributed by atoms with van der Waals surface area (Å²) >= 11 is 0. The molecule has 0 saturated carbocycles. The van der Waals surface area contributed by atoms with Gasteiger partial charge in [0.2, 0.25) is 0 Å². The molecular weight excluding hydrogens is 302 g/mol. The van der Waals surface area contributed by atoms with Crippen LogP contribution in [-0.4, -0.2) is 25.7 Å². The molecule has 5 heteroatoms. The summed E-state index contributed by atoms with van der Waals surface area (Å²) in [7, 11) is 1.66. The maximum absolute atomic E-state index is 12.5. The lowest BCUT2D eigenvalue weighted by Crippen LogP contribution is -2.56. The van der Waals surface area contributed by atoms with Crippen LogP contribution in [0.5, 0.6) is 5.75 Å². The Balaban J connectivity index is 1.67. The van der Waals surface area contributed by atoms with Gasteiger partial charge in [-0.15, -0.1) is 0 Å². The van der Waals surface area contributed by atoms with Crippen molar-refractivity contribution in [2.75, 3.05) is 18.6 Å². The normalized spacial score (nSPS) is 21.9. The molecule has 2 aromatic rings. The van der Waals surface area contributed by atoms with Crippen molar-refractivity contribution >= 4 is 11.6 Å². The fourth-order valence-corrected chi connectivity index (χ4v) is 3.67. The van der Waals surface area contributed by atoms with Crippen molar-refractivity contribution in [3.05, 3.63) is 59.2 Å². The van der Waals surface area contributed by atoms with E-state index in [2.05, 4.69) is 10.2 Å². The van der Waals surface area contributed by atoms with Gasteiger partial charge in [0.25, 0.3) is 5.91 Å². The molecule has 0 aromatic heterocycles. The molecule has 0 bridgehead atoms. The minimum absolute atomic E-state index is 0.00346. The van der Waals surface area contributed by atoms with Crippen molar-refractivity contribution < 1.29 is 9.53 Å². The van der Waals surface area contributed by atoms with Gasteiger partial charge < -0.3 is 20.7 Å². The summed E-state index contributed by atoms with van der Waals surface area (Å²) in [5.74, 6) is 0.818. The Morgan fingerprint density at radius 2 is 2.04 bits per heavy atom. The van der Waals surface area contributed by atoms with Crippen LogP contribution in [0.4, 0.5) is 5.69 Å². The fourth-order valence-electron chi connectivity index (χ4n) is 3.67. The van der Waals surface area contributed by atoms with Gasteiger partial charge in [0.1, 0.15) is 11.9 Å². The molecule has 5 nitrogen and oxygen atoms in total. The number of amides is 1. The molecule has 124 valence electrons. The number of nitrogens with zero attached hydrogens (tertiary/aromatic N) is 1. The number of nitrogens with two attached hydrogens (primary N) is 1. The molecule has 2 aliphatic heterocycles. The third kappa shape index (κ3) is 2.41. The summed E-state index contributed by atoms with van der Waals surface area (Å²) in [4.78, 5) is 14.8. The van der Waals surface area contributed by atoms with E-state index in [1.54, 1.807) is 7.11 Å². The van der Waals surface area contributed by atoms with Gasteiger partial charge in [-0.25, -0.2) is 0 Å². The van der Waals surface area contributed by atoms with Gasteiger partial charge >= 0.3 is 0 Å². The van der Waals surface area contributed by atoms with Gasteiger partial charge in [0.05, 0.1) is 18.4 Å². The Morgan fingerprint density at radius 3 is 2.79 bits per heavy atom. The Kier molecular flexibility index (Phi) is 3.65. The lowest BCUT2D eigenvalue weighted by atomic mass is 9.90. The van der Waals surface area contributed by atoms with Crippen LogP contribution >= 0.6 is 0 Å². The number of carbonyl (C=O) groups excluding carboxylic acids is 1. The summed E-state index contributed by atoms with van der Waals surface area (Å²) in [5, 5.41) is 3.14. The smallest absolute Gasteiger partial charge is 0.255 e. The van der Waals surface area contributed by atoms with Gasteiger partial charge in [-0.1, -0.05) is 24.3 Å². The van der Waals surface area contributed by atoms with Gasteiger partial charge in [-0.05, 0) is 35.7 Å². The van der Waals surface area contributed by atoms with Crippen LogP contribution in [0, 0.1) is 0 Å². The molecule has 4 rings (SSSR count). The SMILES string of the molecule is COc1ccc(C[C@@H]2NC(=O)c3cccc4c3N2CC[C@H]4N)cc1. The predicted molar refractivity (Wildman–Crippen MR) is 93.3 cm³/mol. The standard InChI is InChI=1S/C19H21N3O2/c1-24-13-7-5-12(6-8-13)11-17-21-19(23)15-4-2-3-14-16(20)9-10-22(17)18(14)15/h2-8,16-17H,9-11,20H2,1H3,(H,21,23)/t16-,17-/m1/s1. The quantitative estimate of drug-likeness (QED) is 0.909. The highest BCUT2D eigenvalue weighted by Gasteiger charge is 2.36. The van der Waals surface area contributed by atoms with E-state index in [1.165, 1.54) is 0 Å². The Bertz CT molecular complexity index is 773. The average Bonchev–Trinajstić information content (AvgIpc) is 2.61. The monoisotopic (exact) mass is 323 g/mol. The minimum atomic E-state index is -0.0490. The van der Waals surface area contributed by atoms with Crippen molar-refractivity contribution in [2.24, 2.45) is 5.73 Å². The summed E-state index contributed by atoms with van der Waals surface area (Å²) in [6, 6.07) is 13.8. The van der Waals surface area contributed by atoms with Crippen LogP contribution < -0.4 is 20.7 Å². The highest BCUT2D eigenvalue weighted by molar-refractivity contribution is 6.03. The fraction of sp³-hybridized carbons (Fsp3) is 0.316. The molecule has 0 fully saturated rings. The molecule has 2 atom stereocenters. The first-order valence-corrected chi connectivity index (χ1v) is 8.26. The number of nitrogens with one attached hydrogen (secondary N) is 1. The first kappa shape index (κ1) is 15.0. The third-order valence-electron chi connectivity index (χ3n) is 4.94. The lowest BCUT2D eigenvalue weighted by Gasteiger charge is -2.44. The molecule has 2 aliphatic rings. The van der Waals surface area contributed by atoms with Crippen molar-refractivity contribution in [1.82, 2.24) is 5.32 Å². The molecule has 0 radical (unpaired) electrons. The van der Waals surface area contributed by atoms with Crippen molar-refractivity contribution in [3.63, 3.8) is 0 Å². The third-order valence-corrected chi connectivity index (χ3v) is 4.94. The second-order valence-corrected chi connectivity index (χ2v) is 6.37. The Hall–Kier alpha value is -2.53. The number of rotatable bonds is 3. The van der Waals surface area contributed by atoms with E-state index >= 15 is 0 Å². The first-order chi connectivity index (χ1) is 11.7. The molecule has 0 saturated heterocycles. The zero-order valence-electron chi connectivity index (χ0n) is 13.7. The lowest BCUT2D eigenvalue weighted by molar-refractivity contribution is 0.0925. The Labute approximate surface area is 141 Å². The number of hydrogen-bond donors (Lipinski definition) is 2. The molecule has 2 heterocycles. The van der Waals surface area contributed by atoms with E-state index < -0.39 is 0 Å². The van der Waals surface area contributed by atoms with Gasteiger partial charge in [0, 0.05) is 19.0 Å². The summed E-state index contributed by atoms with van der Waals surface area (Å²) < 4.78 is 5.21. The van der Waals surface area contributed by atoms with E-state index in [1.807, 2.05) is 42.5 Å². The Morgan fingerprint density at radius 1 is 1.25 bits per heavy atom. The van der Waals surface area contributed by atoms with Gasteiger partial charge in [0.15, 0.2) is 0 Å². The number of ether oxygens (including phenoxy) is 1. The van der Waals surface area contributed by atoms with Gasteiger partial charge in [-0.2, -0.15) is 0 Å². The average molecular weight is 323 g/mol. The first-order valence-electron chi connectivity index (χ1n) is 8.26. The van der Waals surface area contributed by atoms with E-state index in [0.717, 1.165) is 47.5 Å². The molecule has 2 aromatic carbocycles. The van der Waals surface area contributed by atoms with Crippen LogP contribution in [-0.2, 0) is 6.42 Å². The maximum atomic E-state index is 12.5. The van der Waals surface area contributed by atoms with Crippen LogP contribution in [0.25, 0.3) is 0 Å². The maximum Gasteiger partial charge on any atom is 0.255 e.